The number of hydrogen-bond donors (Lipinski definition) is 1. The van der Waals surface area contributed by atoms with Gasteiger partial charge in [-0.2, -0.15) is 5.10 Å². The lowest BCUT2D eigenvalue weighted by atomic mass is 10.1. The molecule has 3 rings (SSSR count). The van der Waals surface area contributed by atoms with Gasteiger partial charge in [0, 0.05) is 19.6 Å². The standard InChI is InChI=1S/C24H35N5O2/c1-7-18-22-23(28(8-2)26-18)24(31)25-19-11-9-10-12-20(19)29(22)21(30)15-27(13-16(3)4)14-17(5)6/h9-12,16-17H,7-8,13-15H2,1-6H3,(H,25,31). The maximum atomic E-state index is 13.8. The van der Waals surface area contributed by atoms with Crippen molar-refractivity contribution in [2.45, 2.75) is 54.5 Å². The predicted octanol–water partition coefficient (Wildman–Crippen LogP) is 4.31. The molecule has 1 aliphatic heterocycles. The number of benzene rings is 1. The van der Waals surface area contributed by atoms with Crippen molar-refractivity contribution in [3.8, 4) is 0 Å². The number of anilines is 3. The topological polar surface area (TPSA) is 70.5 Å². The van der Waals surface area contributed by atoms with Crippen LogP contribution in [0.4, 0.5) is 17.1 Å². The van der Waals surface area contributed by atoms with E-state index in [1.54, 1.807) is 9.58 Å². The van der Waals surface area contributed by atoms with Gasteiger partial charge < -0.3 is 5.32 Å². The Balaban J connectivity index is 2.12. The van der Waals surface area contributed by atoms with Gasteiger partial charge in [-0.05, 0) is 37.3 Å². The zero-order valence-electron chi connectivity index (χ0n) is 19.6. The fraction of sp³-hybridized carbons (Fsp3) is 0.542. The fourth-order valence-corrected chi connectivity index (χ4v) is 4.26. The second kappa shape index (κ2) is 9.64. The molecule has 31 heavy (non-hydrogen) atoms. The highest BCUT2D eigenvalue weighted by Crippen LogP contribution is 2.40. The van der Waals surface area contributed by atoms with Crippen molar-refractivity contribution >= 4 is 28.9 Å². The molecule has 1 N–H and O–H groups in total. The number of nitrogens with one attached hydrogen (secondary N) is 1. The van der Waals surface area contributed by atoms with E-state index in [1.807, 2.05) is 38.1 Å². The van der Waals surface area contributed by atoms with Gasteiger partial charge in [0.05, 0.1) is 23.6 Å². The fourth-order valence-electron chi connectivity index (χ4n) is 4.26. The number of amides is 2. The molecule has 0 bridgehead atoms. The maximum absolute atomic E-state index is 13.8. The Morgan fingerprint density at radius 3 is 2.32 bits per heavy atom. The van der Waals surface area contributed by atoms with Crippen LogP contribution in [0.15, 0.2) is 24.3 Å². The molecule has 2 heterocycles. The van der Waals surface area contributed by atoms with Gasteiger partial charge in [0.2, 0.25) is 5.91 Å². The number of rotatable bonds is 8. The molecule has 7 heteroatoms. The third kappa shape index (κ3) is 4.82. The van der Waals surface area contributed by atoms with Crippen LogP contribution in [0, 0.1) is 11.8 Å². The summed E-state index contributed by atoms with van der Waals surface area (Å²) in [6, 6.07) is 7.50. The summed E-state index contributed by atoms with van der Waals surface area (Å²) in [7, 11) is 0. The smallest absolute Gasteiger partial charge is 0.276 e. The van der Waals surface area contributed by atoms with Crippen LogP contribution in [0.3, 0.4) is 0 Å². The molecular weight excluding hydrogens is 390 g/mol. The summed E-state index contributed by atoms with van der Waals surface area (Å²) in [5.41, 5.74) is 3.16. The Morgan fingerprint density at radius 2 is 1.74 bits per heavy atom. The van der Waals surface area contributed by atoms with Crippen molar-refractivity contribution in [1.29, 1.82) is 0 Å². The second-order valence-electron chi connectivity index (χ2n) is 9.00. The van der Waals surface area contributed by atoms with Crippen molar-refractivity contribution in [3.05, 3.63) is 35.7 Å². The molecule has 0 atom stereocenters. The Labute approximate surface area is 185 Å². The molecule has 1 aromatic carbocycles. The highest BCUT2D eigenvalue weighted by molar-refractivity contribution is 6.17. The van der Waals surface area contributed by atoms with Crippen LogP contribution in [0.2, 0.25) is 0 Å². The van der Waals surface area contributed by atoms with Gasteiger partial charge in [-0.3, -0.25) is 24.1 Å². The minimum Gasteiger partial charge on any atom is -0.319 e. The highest BCUT2D eigenvalue weighted by atomic mass is 16.2. The number of carbonyl (C=O) groups is 2. The Kier molecular flexibility index (Phi) is 7.15. The molecule has 0 saturated heterocycles. The van der Waals surface area contributed by atoms with Crippen molar-refractivity contribution in [3.63, 3.8) is 0 Å². The first-order valence-corrected chi connectivity index (χ1v) is 11.3. The average Bonchev–Trinajstić information content (AvgIpc) is 3.00. The number of aromatic nitrogens is 2. The molecule has 0 saturated carbocycles. The lowest BCUT2D eigenvalue weighted by molar-refractivity contribution is -0.119. The van der Waals surface area contributed by atoms with Crippen molar-refractivity contribution in [1.82, 2.24) is 14.7 Å². The largest absolute Gasteiger partial charge is 0.319 e. The van der Waals surface area contributed by atoms with Gasteiger partial charge in [0.1, 0.15) is 5.69 Å². The first kappa shape index (κ1) is 23.0. The minimum atomic E-state index is -0.229. The first-order chi connectivity index (χ1) is 14.8. The highest BCUT2D eigenvalue weighted by Gasteiger charge is 2.35. The van der Waals surface area contributed by atoms with E-state index >= 15 is 0 Å². The van der Waals surface area contributed by atoms with Gasteiger partial charge in [0.25, 0.3) is 5.91 Å². The zero-order chi connectivity index (χ0) is 22.7. The van der Waals surface area contributed by atoms with Gasteiger partial charge in [0.15, 0.2) is 5.69 Å². The lowest BCUT2D eigenvalue weighted by Crippen LogP contribution is -2.41. The molecule has 0 spiro atoms. The first-order valence-electron chi connectivity index (χ1n) is 11.3. The van der Waals surface area contributed by atoms with E-state index in [2.05, 4.69) is 43.0 Å². The number of aryl methyl sites for hydroxylation is 2. The number of nitrogens with zero attached hydrogens (tertiary/aromatic N) is 4. The number of fused-ring (bicyclic) bond motifs is 2. The van der Waals surface area contributed by atoms with E-state index in [-0.39, 0.29) is 11.8 Å². The third-order valence-electron chi connectivity index (χ3n) is 5.32. The van der Waals surface area contributed by atoms with Crippen molar-refractivity contribution in [2.24, 2.45) is 11.8 Å². The van der Waals surface area contributed by atoms with Gasteiger partial charge in [-0.25, -0.2) is 0 Å². The van der Waals surface area contributed by atoms with Gasteiger partial charge in [-0.15, -0.1) is 0 Å². The average molecular weight is 426 g/mol. The molecule has 7 nitrogen and oxygen atoms in total. The zero-order valence-corrected chi connectivity index (χ0v) is 19.6. The van der Waals surface area contributed by atoms with Crippen LogP contribution in [0.5, 0.6) is 0 Å². The molecular formula is C24H35N5O2. The summed E-state index contributed by atoms with van der Waals surface area (Å²) < 4.78 is 1.70. The molecule has 0 unspecified atom stereocenters. The van der Waals surface area contributed by atoms with Crippen LogP contribution in [0.1, 0.15) is 57.7 Å². The minimum absolute atomic E-state index is 0.0446. The van der Waals surface area contributed by atoms with E-state index < -0.39 is 0 Å². The monoisotopic (exact) mass is 425 g/mol. The summed E-state index contributed by atoms with van der Waals surface area (Å²) in [5, 5.41) is 7.64. The van der Waals surface area contributed by atoms with Crippen LogP contribution in [-0.4, -0.2) is 46.1 Å². The molecule has 0 radical (unpaired) electrons. The van der Waals surface area contributed by atoms with E-state index in [4.69, 9.17) is 0 Å². The normalized spacial score (nSPS) is 13.5. The molecule has 0 aliphatic carbocycles. The van der Waals surface area contributed by atoms with E-state index in [1.165, 1.54) is 0 Å². The van der Waals surface area contributed by atoms with Crippen LogP contribution in [0.25, 0.3) is 0 Å². The Hall–Kier alpha value is -2.67. The lowest BCUT2D eigenvalue weighted by Gasteiger charge is -2.29. The molecule has 2 amide bonds. The van der Waals surface area contributed by atoms with E-state index in [9.17, 15) is 9.59 Å². The number of para-hydroxylation sites is 2. The molecule has 168 valence electrons. The third-order valence-corrected chi connectivity index (χ3v) is 5.32. The van der Waals surface area contributed by atoms with Crippen molar-refractivity contribution in [2.75, 3.05) is 29.9 Å². The Morgan fingerprint density at radius 1 is 1.10 bits per heavy atom. The number of carbonyl (C=O) groups excluding carboxylic acids is 2. The molecule has 2 aromatic rings. The van der Waals surface area contributed by atoms with E-state index in [0.29, 0.717) is 54.1 Å². The Bertz CT molecular complexity index is 937. The summed E-state index contributed by atoms with van der Waals surface area (Å²) in [5.74, 6) is 0.636. The summed E-state index contributed by atoms with van der Waals surface area (Å²) in [6.07, 6.45) is 0.635. The number of hydrogen-bond acceptors (Lipinski definition) is 4. The van der Waals surface area contributed by atoms with E-state index in [0.717, 1.165) is 18.8 Å². The molecule has 0 fully saturated rings. The van der Waals surface area contributed by atoms with Crippen LogP contribution >= 0.6 is 0 Å². The van der Waals surface area contributed by atoms with Crippen LogP contribution < -0.4 is 10.2 Å². The summed E-state index contributed by atoms with van der Waals surface area (Å²) >= 11 is 0. The van der Waals surface area contributed by atoms with Crippen molar-refractivity contribution < 1.29 is 9.59 Å². The molecule has 1 aliphatic rings. The summed E-state index contributed by atoms with van der Waals surface area (Å²) in [4.78, 5) is 30.9. The predicted molar refractivity (Wildman–Crippen MR) is 125 cm³/mol. The quantitative estimate of drug-likeness (QED) is 0.684. The van der Waals surface area contributed by atoms with Crippen LogP contribution in [-0.2, 0) is 17.8 Å². The van der Waals surface area contributed by atoms with Gasteiger partial charge >= 0.3 is 0 Å². The SMILES string of the molecule is CCc1nn(CC)c2c1N(C(=O)CN(CC(C)C)CC(C)C)c1ccccc1NC2=O. The molecule has 1 aromatic heterocycles. The van der Waals surface area contributed by atoms with Gasteiger partial charge in [-0.1, -0.05) is 46.8 Å². The maximum Gasteiger partial charge on any atom is 0.276 e. The second-order valence-corrected chi connectivity index (χ2v) is 9.00. The summed E-state index contributed by atoms with van der Waals surface area (Å²) in [6.45, 7) is 15.2.